The van der Waals surface area contributed by atoms with E-state index in [9.17, 15) is 4.39 Å². The van der Waals surface area contributed by atoms with Crippen molar-refractivity contribution < 1.29 is 4.39 Å². The molecule has 0 heterocycles. The molecule has 0 atom stereocenters. The summed E-state index contributed by atoms with van der Waals surface area (Å²) in [4.78, 5) is 2.05. The predicted octanol–water partition coefficient (Wildman–Crippen LogP) is 5.62. The molecule has 0 aliphatic carbocycles. The van der Waals surface area contributed by atoms with Gasteiger partial charge in [-0.05, 0) is 59.9 Å². The van der Waals surface area contributed by atoms with Gasteiger partial charge in [0.15, 0.2) is 0 Å². The van der Waals surface area contributed by atoms with E-state index in [2.05, 4.69) is 44.7 Å². The van der Waals surface area contributed by atoms with Crippen LogP contribution in [0, 0.1) is 13.8 Å². The average Bonchev–Trinajstić information content (AvgIpc) is 2.42. The Morgan fingerprint density at radius 1 is 1.09 bits per heavy atom. The van der Waals surface area contributed by atoms with E-state index in [1.165, 1.54) is 23.3 Å². The summed E-state index contributed by atoms with van der Waals surface area (Å²) in [7, 11) is 3.97. The second-order valence-electron chi connectivity index (χ2n) is 5.94. The van der Waals surface area contributed by atoms with Gasteiger partial charge in [-0.1, -0.05) is 53.6 Å². The van der Waals surface area contributed by atoms with Crippen molar-refractivity contribution in [2.75, 3.05) is 20.6 Å². The fraction of sp³-hybridized carbons (Fsp3) is 0.400. The van der Waals surface area contributed by atoms with Crippen molar-refractivity contribution in [2.45, 2.75) is 34.1 Å². The summed E-state index contributed by atoms with van der Waals surface area (Å²) in [6.45, 7) is 12.4. The van der Waals surface area contributed by atoms with Crippen LogP contribution in [-0.2, 0) is 0 Å². The summed E-state index contributed by atoms with van der Waals surface area (Å²) < 4.78 is 13.5. The van der Waals surface area contributed by atoms with Gasteiger partial charge in [0.25, 0.3) is 0 Å². The molecule has 0 N–H and O–H groups in total. The number of rotatable bonds is 5. The molecule has 22 heavy (non-hydrogen) atoms. The zero-order valence-corrected chi connectivity index (χ0v) is 14.9. The molecule has 0 aromatic heterocycles. The van der Waals surface area contributed by atoms with Crippen molar-refractivity contribution in [3.05, 3.63) is 71.1 Å². The third-order valence-electron chi connectivity index (χ3n) is 3.18. The molecule has 1 aromatic rings. The van der Waals surface area contributed by atoms with Crippen LogP contribution in [0.1, 0.15) is 31.4 Å². The normalized spacial score (nSPS) is 10.8. The molecule has 0 spiro atoms. The van der Waals surface area contributed by atoms with E-state index in [-0.39, 0.29) is 5.83 Å². The van der Waals surface area contributed by atoms with Crippen LogP contribution in [0.3, 0.4) is 0 Å². The van der Waals surface area contributed by atoms with Gasteiger partial charge in [0.2, 0.25) is 0 Å². The van der Waals surface area contributed by atoms with Crippen LogP contribution >= 0.6 is 0 Å². The molecule has 2 heteroatoms. The van der Waals surface area contributed by atoms with Gasteiger partial charge in [-0.15, -0.1) is 0 Å². The second-order valence-corrected chi connectivity index (χ2v) is 5.94. The van der Waals surface area contributed by atoms with E-state index in [0.29, 0.717) is 0 Å². The van der Waals surface area contributed by atoms with E-state index in [0.717, 1.165) is 24.1 Å². The number of hydrogen-bond donors (Lipinski definition) is 0. The SMILES string of the molecule is C=C/C=C(/F)C(CCN(C)C)=C(C)C.Cc1ccc(C)cc1. The number of nitrogens with zero attached hydrogens (tertiary/aromatic N) is 1. The highest BCUT2D eigenvalue weighted by Crippen LogP contribution is 2.20. The maximum atomic E-state index is 13.5. The molecular formula is C20H30FN. The highest BCUT2D eigenvalue weighted by Gasteiger charge is 2.06. The summed E-state index contributed by atoms with van der Waals surface area (Å²) in [5.74, 6) is -0.165. The second kappa shape index (κ2) is 11.0. The van der Waals surface area contributed by atoms with E-state index < -0.39 is 0 Å². The lowest BCUT2D eigenvalue weighted by molar-refractivity contribution is 0.410. The molecule has 0 fully saturated rings. The minimum absolute atomic E-state index is 0.165. The fourth-order valence-corrected chi connectivity index (χ4v) is 1.78. The van der Waals surface area contributed by atoms with Crippen molar-refractivity contribution in [1.29, 1.82) is 0 Å². The minimum atomic E-state index is -0.165. The summed E-state index contributed by atoms with van der Waals surface area (Å²) >= 11 is 0. The van der Waals surface area contributed by atoms with Crippen molar-refractivity contribution in [3.8, 4) is 0 Å². The van der Waals surface area contributed by atoms with Crippen LogP contribution in [0.4, 0.5) is 4.39 Å². The molecule has 1 nitrogen and oxygen atoms in total. The first kappa shape index (κ1) is 20.3. The first-order chi connectivity index (χ1) is 10.3. The standard InChI is InChI=1S/C12H20FN.C8H10/c1-6-7-12(13)11(10(2)3)8-9-14(4)5;1-7-3-5-8(2)6-4-7/h6-7H,1,8-9H2,2-5H3;3-6H,1-2H3/b12-7+;. The molecular weight excluding hydrogens is 273 g/mol. The van der Waals surface area contributed by atoms with Crippen molar-refractivity contribution >= 4 is 0 Å². The fourth-order valence-electron chi connectivity index (χ4n) is 1.78. The van der Waals surface area contributed by atoms with Gasteiger partial charge in [-0.2, -0.15) is 0 Å². The van der Waals surface area contributed by atoms with E-state index in [1.54, 1.807) is 0 Å². The van der Waals surface area contributed by atoms with Crippen molar-refractivity contribution in [3.63, 3.8) is 0 Å². The highest BCUT2D eigenvalue weighted by molar-refractivity contribution is 5.31. The van der Waals surface area contributed by atoms with Gasteiger partial charge >= 0.3 is 0 Å². The quantitative estimate of drug-likeness (QED) is 0.638. The molecule has 0 amide bonds. The molecule has 0 saturated heterocycles. The van der Waals surface area contributed by atoms with Crippen molar-refractivity contribution in [1.82, 2.24) is 4.90 Å². The Hall–Kier alpha value is -1.67. The first-order valence-electron chi connectivity index (χ1n) is 7.60. The van der Waals surface area contributed by atoms with Gasteiger partial charge < -0.3 is 4.90 Å². The number of halogens is 1. The first-order valence-corrected chi connectivity index (χ1v) is 7.60. The van der Waals surface area contributed by atoms with Crippen molar-refractivity contribution in [2.24, 2.45) is 0 Å². The van der Waals surface area contributed by atoms with Gasteiger partial charge in [-0.25, -0.2) is 4.39 Å². The lowest BCUT2D eigenvalue weighted by Gasteiger charge is -2.12. The van der Waals surface area contributed by atoms with Crippen LogP contribution in [0.25, 0.3) is 0 Å². The Morgan fingerprint density at radius 3 is 1.86 bits per heavy atom. The van der Waals surface area contributed by atoms with Gasteiger partial charge in [0, 0.05) is 6.54 Å². The summed E-state index contributed by atoms with van der Waals surface area (Å²) in [5.41, 5.74) is 4.48. The van der Waals surface area contributed by atoms with Gasteiger partial charge in [-0.3, -0.25) is 0 Å². The Morgan fingerprint density at radius 2 is 1.55 bits per heavy atom. The molecule has 0 radical (unpaired) electrons. The molecule has 0 bridgehead atoms. The summed E-state index contributed by atoms with van der Waals surface area (Å²) in [6, 6.07) is 8.48. The highest BCUT2D eigenvalue weighted by atomic mass is 19.1. The molecule has 0 saturated carbocycles. The largest absolute Gasteiger partial charge is 0.309 e. The monoisotopic (exact) mass is 303 g/mol. The number of hydrogen-bond acceptors (Lipinski definition) is 1. The summed E-state index contributed by atoms with van der Waals surface area (Å²) in [5, 5.41) is 0. The van der Waals surface area contributed by atoms with Crippen LogP contribution in [0.2, 0.25) is 0 Å². The van der Waals surface area contributed by atoms with E-state index in [1.807, 2.05) is 32.8 Å². The molecule has 1 rings (SSSR count). The maximum Gasteiger partial charge on any atom is 0.126 e. The summed E-state index contributed by atoms with van der Waals surface area (Å²) in [6.07, 6.45) is 3.64. The Kier molecular flexibility index (Phi) is 10.1. The van der Waals surface area contributed by atoms with E-state index >= 15 is 0 Å². The Bertz CT molecular complexity index is 482. The predicted molar refractivity (Wildman–Crippen MR) is 96.8 cm³/mol. The zero-order chi connectivity index (χ0) is 17.1. The Labute approximate surface area is 135 Å². The van der Waals surface area contributed by atoms with Gasteiger partial charge in [0.1, 0.15) is 5.83 Å². The number of allylic oxidation sites excluding steroid dienone is 4. The average molecular weight is 303 g/mol. The van der Waals surface area contributed by atoms with Crippen LogP contribution < -0.4 is 0 Å². The van der Waals surface area contributed by atoms with E-state index in [4.69, 9.17) is 0 Å². The third-order valence-corrected chi connectivity index (χ3v) is 3.18. The zero-order valence-electron chi connectivity index (χ0n) is 14.9. The molecule has 0 aliphatic heterocycles. The third kappa shape index (κ3) is 9.30. The Balaban J connectivity index is 0.000000461. The smallest absolute Gasteiger partial charge is 0.126 e. The lowest BCUT2D eigenvalue weighted by atomic mass is 10.1. The van der Waals surface area contributed by atoms with Crippen LogP contribution in [0.5, 0.6) is 0 Å². The molecule has 1 aromatic carbocycles. The van der Waals surface area contributed by atoms with Crippen LogP contribution in [-0.4, -0.2) is 25.5 Å². The topological polar surface area (TPSA) is 3.24 Å². The number of aryl methyl sites for hydroxylation is 2. The van der Waals surface area contributed by atoms with Crippen LogP contribution in [0.15, 0.2) is 60.0 Å². The molecule has 0 unspecified atom stereocenters. The number of benzene rings is 1. The minimum Gasteiger partial charge on any atom is -0.309 e. The molecule has 122 valence electrons. The molecule has 0 aliphatic rings. The van der Waals surface area contributed by atoms with Gasteiger partial charge in [0.05, 0.1) is 0 Å². The maximum absolute atomic E-state index is 13.5. The lowest BCUT2D eigenvalue weighted by Crippen LogP contribution is -2.14.